The van der Waals surface area contributed by atoms with Crippen molar-refractivity contribution < 1.29 is 22.3 Å². The van der Waals surface area contributed by atoms with Crippen LogP contribution in [0.15, 0.2) is 11.9 Å². The molecule has 0 heterocycles. The third-order valence-corrected chi connectivity index (χ3v) is 1.73. The van der Waals surface area contributed by atoms with E-state index in [4.69, 9.17) is 10.7 Å². The first kappa shape index (κ1) is 11.4. The van der Waals surface area contributed by atoms with E-state index in [0.29, 0.717) is 6.08 Å². The van der Waals surface area contributed by atoms with Crippen LogP contribution in [0.1, 0.15) is 0 Å². The molecule has 0 aromatic carbocycles. The molecule has 0 aliphatic rings. The number of hydrogen-bond donors (Lipinski definition) is 0. The van der Waals surface area contributed by atoms with Crippen molar-refractivity contribution in [3.05, 3.63) is 11.9 Å². The average molecular weight is 217 g/mol. The predicted octanol–water partition coefficient (Wildman–Crippen LogP) is 0.581. The Bertz CT molecular complexity index is 295. The highest BCUT2D eigenvalue weighted by Crippen LogP contribution is 2.06. The number of rotatable bonds is 3. The fourth-order valence-corrected chi connectivity index (χ4v) is 1.12. The highest BCUT2D eigenvalue weighted by Gasteiger charge is 2.10. The summed E-state index contributed by atoms with van der Waals surface area (Å²) in [5.41, 5.74) is 0. The zero-order valence-electron chi connectivity index (χ0n) is 6.08. The summed E-state index contributed by atoms with van der Waals surface area (Å²) in [5, 5.41) is 0. The Morgan fingerprint density at radius 2 is 2.17 bits per heavy atom. The lowest BCUT2D eigenvalue weighted by Gasteiger charge is -1.92. The molecule has 70 valence electrons. The van der Waals surface area contributed by atoms with Crippen molar-refractivity contribution in [3.8, 4) is 0 Å². The largest absolute Gasteiger partial charge is 0.466 e. The van der Waals surface area contributed by atoms with Crippen molar-refractivity contribution in [1.82, 2.24) is 0 Å². The minimum absolute atomic E-state index is 0.417. The zero-order valence-corrected chi connectivity index (χ0v) is 7.65. The molecule has 4 nitrogen and oxygen atoms in total. The van der Waals surface area contributed by atoms with E-state index in [1.165, 1.54) is 0 Å². The van der Waals surface area contributed by atoms with Crippen LogP contribution in [-0.2, 0) is 18.6 Å². The third-order valence-electron chi connectivity index (χ3n) is 0.786. The topological polar surface area (TPSA) is 60.4 Å². The summed E-state index contributed by atoms with van der Waals surface area (Å²) in [7, 11) is 1.78. The summed E-state index contributed by atoms with van der Waals surface area (Å²) < 4.78 is 37.0. The lowest BCUT2D eigenvalue weighted by Crippen LogP contribution is -2.01. The summed E-state index contributed by atoms with van der Waals surface area (Å²) in [6, 6.07) is 0. The summed E-state index contributed by atoms with van der Waals surface area (Å²) >= 11 is 0. The molecule has 0 radical (unpaired) electrons. The van der Waals surface area contributed by atoms with Crippen molar-refractivity contribution in [3.63, 3.8) is 0 Å². The van der Waals surface area contributed by atoms with E-state index in [2.05, 4.69) is 4.74 Å². The molecule has 0 fully saturated rings. The van der Waals surface area contributed by atoms with Crippen LogP contribution < -0.4 is 0 Å². The quantitative estimate of drug-likeness (QED) is 0.393. The summed E-state index contributed by atoms with van der Waals surface area (Å²) in [6.07, 6.45) is 0.417. The van der Waals surface area contributed by atoms with Gasteiger partial charge in [0.05, 0.1) is 13.2 Å². The number of hydrogen-bond acceptors (Lipinski definition) is 4. The van der Waals surface area contributed by atoms with E-state index < -0.39 is 26.6 Å². The average Bonchev–Trinajstić information content (AvgIpc) is 1.82. The Kier molecular flexibility index (Phi) is 4.19. The van der Waals surface area contributed by atoms with Crippen LogP contribution in [0.3, 0.4) is 0 Å². The van der Waals surface area contributed by atoms with Gasteiger partial charge in [0.25, 0.3) is 0 Å². The fourth-order valence-electron chi connectivity index (χ4n) is 0.393. The predicted molar refractivity (Wildman–Crippen MR) is 40.8 cm³/mol. The number of methoxy groups -OCH3 is 1. The van der Waals surface area contributed by atoms with Gasteiger partial charge in [0.1, 0.15) is 11.6 Å². The summed E-state index contributed by atoms with van der Waals surface area (Å²) in [6.45, 7) is 0. The molecule has 0 N–H and O–H groups in total. The first-order valence-electron chi connectivity index (χ1n) is 2.71. The van der Waals surface area contributed by atoms with Crippen LogP contribution in [0.4, 0.5) is 4.39 Å². The summed E-state index contributed by atoms with van der Waals surface area (Å²) in [4.78, 5) is 10.3. The number of ether oxygens (including phenoxy) is 1. The zero-order chi connectivity index (χ0) is 9.78. The van der Waals surface area contributed by atoms with Gasteiger partial charge >= 0.3 is 5.97 Å². The van der Waals surface area contributed by atoms with Crippen LogP contribution in [0.2, 0.25) is 0 Å². The molecule has 0 aliphatic heterocycles. The van der Waals surface area contributed by atoms with E-state index in [0.717, 1.165) is 7.11 Å². The van der Waals surface area contributed by atoms with Crippen molar-refractivity contribution in [2.24, 2.45) is 0 Å². The minimum Gasteiger partial charge on any atom is -0.466 e. The Hall–Kier alpha value is -0.620. The van der Waals surface area contributed by atoms with Gasteiger partial charge in [0.15, 0.2) is 0 Å². The number of halogens is 2. The van der Waals surface area contributed by atoms with Crippen molar-refractivity contribution in [2.45, 2.75) is 0 Å². The molecule has 7 heteroatoms. The molecule has 0 aromatic rings. The van der Waals surface area contributed by atoms with E-state index in [1.807, 2.05) is 0 Å². The molecular weight excluding hydrogens is 211 g/mol. The van der Waals surface area contributed by atoms with Crippen molar-refractivity contribution >= 4 is 25.7 Å². The summed E-state index contributed by atoms with van der Waals surface area (Å²) in [5.74, 6) is -3.13. The van der Waals surface area contributed by atoms with Crippen LogP contribution in [0, 0.1) is 0 Å². The highest BCUT2D eigenvalue weighted by atomic mass is 35.7. The minimum atomic E-state index is -3.96. The maximum absolute atomic E-state index is 12.4. The van der Waals surface area contributed by atoms with Gasteiger partial charge in [0.2, 0.25) is 9.05 Å². The molecule has 0 unspecified atom stereocenters. The standard InChI is InChI=1S/C5H6ClFO4S/c1-11-5(8)2-4(7)3-12(6,9)10/h2H,3H2,1H3/b4-2-. The molecule has 0 rings (SSSR count). The molecule has 0 aliphatic carbocycles. The van der Waals surface area contributed by atoms with Gasteiger partial charge < -0.3 is 4.74 Å². The van der Waals surface area contributed by atoms with Crippen LogP contribution >= 0.6 is 10.7 Å². The normalized spacial score (nSPS) is 12.8. The van der Waals surface area contributed by atoms with Crippen molar-refractivity contribution in [1.29, 1.82) is 0 Å². The molecule has 0 bridgehead atoms. The van der Waals surface area contributed by atoms with Gasteiger partial charge in [-0.3, -0.25) is 0 Å². The molecule has 0 spiro atoms. The smallest absolute Gasteiger partial charge is 0.333 e. The van der Waals surface area contributed by atoms with Crippen LogP contribution in [0.25, 0.3) is 0 Å². The highest BCUT2D eigenvalue weighted by molar-refractivity contribution is 8.13. The number of carbonyl (C=O) groups excluding carboxylic acids is 1. The van der Waals surface area contributed by atoms with Gasteiger partial charge in [-0.25, -0.2) is 17.6 Å². The van der Waals surface area contributed by atoms with E-state index in [9.17, 15) is 17.6 Å². The Morgan fingerprint density at radius 3 is 2.50 bits per heavy atom. The lowest BCUT2D eigenvalue weighted by atomic mass is 10.5. The van der Waals surface area contributed by atoms with Gasteiger partial charge in [-0.2, -0.15) is 0 Å². The van der Waals surface area contributed by atoms with Crippen molar-refractivity contribution in [2.75, 3.05) is 12.9 Å². The Balaban J connectivity index is 4.32. The molecule has 0 atom stereocenters. The second-order valence-electron chi connectivity index (χ2n) is 1.80. The van der Waals surface area contributed by atoms with Gasteiger partial charge in [0, 0.05) is 10.7 Å². The molecule has 0 amide bonds. The van der Waals surface area contributed by atoms with E-state index in [-0.39, 0.29) is 0 Å². The molecule has 12 heavy (non-hydrogen) atoms. The molecule has 0 saturated heterocycles. The van der Waals surface area contributed by atoms with E-state index >= 15 is 0 Å². The molecule has 0 aromatic heterocycles. The molecule has 0 saturated carbocycles. The van der Waals surface area contributed by atoms with Gasteiger partial charge in [-0.05, 0) is 0 Å². The monoisotopic (exact) mass is 216 g/mol. The van der Waals surface area contributed by atoms with E-state index in [1.54, 1.807) is 0 Å². The fraction of sp³-hybridized carbons (Fsp3) is 0.400. The Morgan fingerprint density at radius 1 is 1.67 bits per heavy atom. The number of esters is 1. The first-order valence-corrected chi connectivity index (χ1v) is 5.19. The van der Waals surface area contributed by atoms with Gasteiger partial charge in [-0.15, -0.1) is 0 Å². The lowest BCUT2D eigenvalue weighted by molar-refractivity contribution is -0.134. The number of carbonyl (C=O) groups is 1. The first-order chi connectivity index (χ1) is 5.35. The third kappa shape index (κ3) is 6.11. The van der Waals surface area contributed by atoms with Crippen LogP contribution in [0.5, 0.6) is 0 Å². The SMILES string of the molecule is COC(=O)/C=C(\F)CS(=O)(=O)Cl. The molecular formula is C5H6ClFO4S. The van der Waals surface area contributed by atoms with Gasteiger partial charge in [-0.1, -0.05) is 0 Å². The second-order valence-corrected chi connectivity index (χ2v) is 4.57. The Labute approximate surface area is 73.4 Å². The van der Waals surface area contributed by atoms with Crippen LogP contribution in [-0.4, -0.2) is 27.2 Å². The maximum atomic E-state index is 12.4. The second kappa shape index (κ2) is 4.42. The maximum Gasteiger partial charge on any atom is 0.333 e.